The number of halogens is 1. The highest BCUT2D eigenvalue weighted by molar-refractivity contribution is 6.31. The fourth-order valence-corrected chi connectivity index (χ4v) is 1.91. The highest BCUT2D eigenvalue weighted by Gasteiger charge is 2.18. The van der Waals surface area contributed by atoms with Crippen LogP contribution in [0.1, 0.15) is 6.42 Å². The molecule has 0 aromatic rings. The van der Waals surface area contributed by atoms with Crippen molar-refractivity contribution in [1.82, 2.24) is 10.2 Å². The van der Waals surface area contributed by atoms with Crippen LogP contribution in [0.3, 0.4) is 0 Å². The predicted octanol–water partition coefficient (Wildman–Crippen LogP) is 0.813. The quantitative estimate of drug-likeness (QED) is 0.749. The van der Waals surface area contributed by atoms with Crippen molar-refractivity contribution in [2.45, 2.75) is 6.42 Å². The monoisotopic (exact) mass is 280 g/mol. The van der Waals surface area contributed by atoms with E-state index in [1.54, 1.807) is 11.9 Å². The van der Waals surface area contributed by atoms with Crippen LogP contribution in [-0.2, 0) is 4.79 Å². The van der Waals surface area contributed by atoms with Crippen LogP contribution in [0.2, 0.25) is 5.02 Å². The fraction of sp³-hybridized carbons (Fsp3) is 0.250. The van der Waals surface area contributed by atoms with Crippen molar-refractivity contribution in [1.29, 1.82) is 0 Å². The molecule has 0 aromatic carbocycles. The minimum Gasteiger partial charge on any atom is -0.350 e. The molecule has 1 aliphatic heterocycles. The van der Waals surface area contributed by atoms with E-state index in [9.17, 15) is 9.59 Å². The number of nitrogens with one attached hydrogen (secondary N) is 1. The topological polar surface area (TPSA) is 87.8 Å². The van der Waals surface area contributed by atoms with Crippen LogP contribution in [0.25, 0.3) is 0 Å². The number of hydrogen-bond acceptors (Lipinski definition) is 2. The normalized spacial score (nSPS) is 17.5. The van der Waals surface area contributed by atoms with Crippen LogP contribution < -0.4 is 11.1 Å². The number of nitrogens with two attached hydrogens (primary N) is 1. The third kappa shape index (κ3) is 3.03. The largest absolute Gasteiger partial charge is 0.350 e. The van der Waals surface area contributed by atoms with E-state index in [0.717, 1.165) is 5.02 Å². The van der Waals surface area contributed by atoms with Crippen LogP contribution >= 0.6 is 11.6 Å². The number of amides is 3. The van der Waals surface area contributed by atoms with Crippen LogP contribution in [0.5, 0.6) is 0 Å². The molecule has 1 saturated heterocycles. The van der Waals surface area contributed by atoms with Gasteiger partial charge >= 0.3 is 6.03 Å². The Morgan fingerprint density at radius 1 is 1.53 bits per heavy atom. The third-order valence-corrected chi connectivity index (χ3v) is 3.10. The summed E-state index contributed by atoms with van der Waals surface area (Å²) in [5.74, 6) is 0.0758. The number of nitrogens with zero attached hydrogens (tertiary/aromatic N) is 2. The van der Waals surface area contributed by atoms with Gasteiger partial charge < -0.3 is 10.6 Å². The summed E-state index contributed by atoms with van der Waals surface area (Å²) in [6.45, 7) is 0.554. The number of carbonyl (C=O) groups excluding carboxylic acids is 2. The predicted molar refractivity (Wildman–Crippen MR) is 71.5 cm³/mol. The highest BCUT2D eigenvalue weighted by Crippen LogP contribution is 2.20. The second kappa shape index (κ2) is 5.27. The molecule has 0 radical (unpaired) electrons. The first-order chi connectivity index (χ1) is 8.97. The summed E-state index contributed by atoms with van der Waals surface area (Å²) in [6.07, 6.45) is 0.411. The van der Waals surface area contributed by atoms with E-state index >= 15 is 0 Å². The zero-order valence-corrected chi connectivity index (χ0v) is 11.1. The summed E-state index contributed by atoms with van der Waals surface area (Å²) in [5, 5.41) is 5.90. The zero-order valence-electron chi connectivity index (χ0n) is 10.3. The van der Waals surface area contributed by atoms with E-state index < -0.39 is 6.03 Å². The molecule has 2 aliphatic carbocycles. The highest BCUT2D eigenvalue weighted by atomic mass is 35.5. The molecule has 3 aliphatic rings. The van der Waals surface area contributed by atoms with Gasteiger partial charge in [-0.15, -0.1) is 0 Å². The number of hydrogen-bond donors (Lipinski definition) is 2. The lowest BCUT2D eigenvalue weighted by Gasteiger charge is -2.25. The Balaban J connectivity index is 0.000000159. The first kappa shape index (κ1) is 13.4. The average molecular weight is 281 g/mol. The van der Waals surface area contributed by atoms with Gasteiger partial charge in [0.05, 0.1) is 0 Å². The summed E-state index contributed by atoms with van der Waals surface area (Å²) in [5.41, 5.74) is 4.83. The van der Waals surface area contributed by atoms with Gasteiger partial charge in [0.1, 0.15) is 0 Å². The second-order valence-corrected chi connectivity index (χ2v) is 4.60. The van der Waals surface area contributed by atoms with E-state index in [0.29, 0.717) is 13.0 Å². The number of urea groups is 1. The van der Waals surface area contributed by atoms with Crippen molar-refractivity contribution >= 4 is 29.5 Å². The van der Waals surface area contributed by atoms with Crippen LogP contribution in [0.15, 0.2) is 23.2 Å². The Kier molecular flexibility index (Phi) is 3.71. The Morgan fingerprint density at radius 3 is 2.63 bits per heavy atom. The Morgan fingerprint density at radius 2 is 2.26 bits per heavy atom. The molecule has 0 unspecified atom stereocenters. The van der Waals surface area contributed by atoms with Gasteiger partial charge in [-0.05, 0) is 11.3 Å². The maximum Gasteiger partial charge on any atom is 0.341 e. The maximum atomic E-state index is 10.8. The van der Waals surface area contributed by atoms with Crippen LogP contribution in [-0.4, -0.2) is 36.4 Å². The Labute approximate surface area is 114 Å². The van der Waals surface area contributed by atoms with Gasteiger partial charge in [-0.1, -0.05) is 23.7 Å². The lowest BCUT2D eigenvalue weighted by molar-refractivity contribution is -0.120. The van der Waals surface area contributed by atoms with Gasteiger partial charge in [0, 0.05) is 30.3 Å². The van der Waals surface area contributed by atoms with Crippen LogP contribution in [0, 0.1) is 10.4 Å². The number of aliphatic imine (C=N–C) groups is 1. The second-order valence-electron chi connectivity index (χ2n) is 4.19. The number of benzene rings is 1. The van der Waals surface area contributed by atoms with Gasteiger partial charge in [-0.2, -0.15) is 4.99 Å². The molecule has 1 fully saturated rings. The Hall–Kier alpha value is -2.08. The minimum absolute atomic E-state index is 0.145. The standard InChI is InChI=1S/C6H3Cl.C6H10N4O2/c7-6-3-4-1-2-5(4)6;1-10-3-2-4(11)8-6(10)9-5(7)12/h1-3H;2-3H2,1H3,(H3,7,8,9,11,12). The summed E-state index contributed by atoms with van der Waals surface area (Å²) in [7, 11) is 1.72. The maximum absolute atomic E-state index is 10.8. The summed E-state index contributed by atoms with van der Waals surface area (Å²) in [6, 6.07) is 5.24. The van der Waals surface area contributed by atoms with E-state index in [4.69, 9.17) is 17.3 Å². The number of guanidine groups is 1. The Bertz CT molecular complexity index is 656. The van der Waals surface area contributed by atoms with E-state index in [1.165, 1.54) is 10.4 Å². The lowest BCUT2D eigenvalue weighted by atomic mass is 10.1. The van der Waals surface area contributed by atoms with E-state index in [2.05, 4.69) is 16.4 Å². The molecule has 3 amide bonds. The van der Waals surface area contributed by atoms with Crippen molar-refractivity contribution in [2.24, 2.45) is 10.7 Å². The minimum atomic E-state index is -0.806. The molecule has 0 spiro atoms. The molecule has 1 heterocycles. The first-order valence-corrected chi connectivity index (χ1v) is 6.04. The molecule has 3 N–H and O–H groups in total. The van der Waals surface area contributed by atoms with Crippen molar-refractivity contribution < 1.29 is 9.59 Å². The van der Waals surface area contributed by atoms with Gasteiger partial charge in [-0.3, -0.25) is 10.1 Å². The van der Waals surface area contributed by atoms with E-state index in [-0.39, 0.29) is 11.9 Å². The molecule has 0 bridgehead atoms. The van der Waals surface area contributed by atoms with Crippen LogP contribution in [0.4, 0.5) is 4.79 Å². The van der Waals surface area contributed by atoms with Gasteiger partial charge in [0.15, 0.2) is 0 Å². The molecule has 100 valence electrons. The number of carbonyl (C=O) groups is 2. The van der Waals surface area contributed by atoms with Crippen molar-refractivity contribution in [3.05, 3.63) is 33.7 Å². The lowest BCUT2D eigenvalue weighted by Crippen LogP contribution is -2.49. The molecule has 7 heteroatoms. The first-order valence-electron chi connectivity index (χ1n) is 5.66. The van der Waals surface area contributed by atoms with Crippen molar-refractivity contribution in [3.63, 3.8) is 0 Å². The molecule has 6 nitrogen and oxygen atoms in total. The zero-order chi connectivity index (χ0) is 14.0. The number of rotatable bonds is 0. The van der Waals surface area contributed by atoms with Gasteiger partial charge in [-0.25, -0.2) is 4.79 Å². The summed E-state index contributed by atoms with van der Waals surface area (Å²) in [4.78, 5) is 26.3. The van der Waals surface area contributed by atoms with Gasteiger partial charge in [0.25, 0.3) is 0 Å². The average Bonchev–Trinajstić information content (AvgIpc) is 2.30. The molecule has 19 heavy (non-hydrogen) atoms. The van der Waals surface area contributed by atoms with Crippen molar-refractivity contribution in [2.75, 3.05) is 13.6 Å². The van der Waals surface area contributed by atoms with Crippen molar-refractivity contribution in [3.8, 4) is 0 Å². The van der Waals surface area contributed by atoms with Gasteiger partial charge in [0.2, 0.25) is 11.9 Å². The summed E-state index contributed by atoms with van der Waals surface area (Å²) >= 11 is 5.60. The third-order valence-electron chi connectivity index (χ3n) is 2.78. The summed E-state index contributed by atoms with van der Waals surface area (Å²) < 4.78 is 0. The fourth-order valence-electron chi connectivity index (χ4n) is 1.62. The molecule has 3 rings (SSSR count). The number of primary amides is 1. The molecular weight excluding hydrogens is 268 g/mol. The SMILES string of the molecule is CN1CCC(=O)N/C1=N/C(N)=O.Clc1cc2ccc1=2. The van der Waals surface area contributed by atoms with E-state index in [1.807, 2.05) is 12.1 Å². The molecule has 0 aromatic heterocycles. The smallest absolute Gasteiger partial charge is 0.341 e. The molecule has 0 atom stereocenters. The molecular formula is C12H13ClN4O2. The molecule has 0 saturated carbocycles.